The van der Waals surface area contributed by atoms with Gasteiger partial charge in [0.2, 0.25) is 0 Å². The van der Waals surface area contributed by atoms with Crippen molar-refractivity contribution in [2.75, 3.05) is 0 Å². The third-order valence-corrected chi connectivity index (χ3v) is 3.77. The topological polar surface area (TPSA) is 17.1 Å². The molecule has 0 N–H and O–H groups in total. The fourth-order valence-electron chi connectivity index (χ4n) is 2.17. The number of hydrogen-bond donors (Lipinski definition) is 0. The van der Waals surface area contributed by atoms with E-state index < -0.39 is 5.24 Å². The van der Waals surface area contributed by atoms with Gasteiger partial charge < -0.3 is 0 Å². The van der Waals surface area contributed by atoms with Crippen LogP contribution in [0.2, 0.25) is 0 Å². The number of allylic oxidation sites excluding steroid dienone is 1. The quantitative estimate of drug-likeness (QED) is 0.519. The zero-order chi connectivity index (χ0) is 15.4. The van der Waals surface area contributed by atoms with E-state index in [2.05, 4.69) is 51.1 Å². The second kappa shape index (κ2) is 6.73. The Morgan fingerprint density at radius 2 is 1.48 bits per heavy atom. The first kappa shape index (κ1) is 15.5. The Balaban J connectivity index is 2.21. The lowest BCUT2D eigenvalue weighted by Crippen LogP contribution is -1.89. The van der Waals surface area contributed by atoms with Gasteiger partial charge in [-0.3, -0.25) is 4.79 Å². The van der Waals surface area contributed by atoms with Crippen molar-refractivity contribution < 1.29 is 4.79 Å². The second-order valence-electron chi connectivity index (χ2n) is 5.50. The van der Waals surface area contributed by atoms with Crippen LogP contribution < -0.4 is 0 Å². The molecule has 0 aliphatic heterocycles. The largest absolute Gasteiger partial charge is 0.276 e. The summed E-state index contributed by atoms with van der Waals surface area (Å²) in [5.41, 5.74) is 5.32. The molecule has 0 amide bonds. The van der Waals surface area contributed by atoms with Crippen molar-refractivity contribution in [3.05, 3.63) is 70.8 Å². The van der Waals surface area contributed by atoms with E-state index in [0.717, 1.165) is 5.56 Å². The van der Waals surface area contributed by atoms with Gasteiger partial charge in [0.25, 0.3) is 5.24 Å². The first-order valence-corrected chi connectivity index (χ1v) is 7.43. The van der Waals surface area contributed by atoms with Gasteiger partial charge >= 0.3 is 0 Å². The Labute approximate surface area is 131 Å². The van der Waals surface area contributed by atoms with Gasteiger partial charge in [0, 0.05) is 5.56 Å². The SMILES string of the molecule is CC(=Cc1ccc(C(=O)Cl)cc1)c1ccc(C(C)C)cc1. The standard InChI is InChI=1S/C19H19ClO/c1-13(2)16-8-10-17(11-9-16)14(3)12-15-4-6-18(7-5-15)19(20)21/h4-13H,1-3H3. The molecule has 2 aromatic rings. The summed E-state index contributed by atoms with van der Waals surface area (Å²) in [6, 6.07) is 15.9. The first-order chi connectivity index (χ1) is 9.97. The van der Waals surface area contributed by atoms with E-state index in [9.17, 15) is 4.79 Å². The Bertz CT molecular complexity index is 649. The summed E-state index contributed by atoms with van der Waals surface area (Å²) in [4.78, 5) is 11.0. The maximum Gasteiger partial charge on any atom is 0.252 e. The summed E-state index contributed by atoms with van der Waals surface area (Å²) in [6.07, 6.45) is 2.10. The molecule has 0 heterocycles. The van der Waals surface area contributed by atoms with Crippen molar-refractivity contribution in [2.45, 2.75) is 26.7 Å². The molecule has 0 fully saturated rings. The number of carbonyl (C=O) groups excluding carboxylic acids is 1. The van der Waals surface area contributed by atoms with Gasteiger partial charge in [-0.05, 0) is 58.8 Å². The molecule has 0 saturated heterocycles. The number of rotatable bonds is 4. The molecule has 0 radical (unpaired) electrons. The molecule has 0 bridgehead atoms. The van der Waals surface area contributed by atoms with Crippen LogP contribution in [0.4, 0.5) is 0 Å². The highest BCUT2D eigenvalue weighted by molar-refractivity contribution is 6.67. The molecule has 21 heavy (non-hydrogen) atoms. The van der Waals surface area contributed by atoms with Gasteiger partial charge in [-0.25, -0.2) is 0 Å². The molecule has 0 spiro atoms. The Kier molecular flexibility index (Phi) is 4.98. The maximum absolute atomic E-state index is 11.0. The zero-order valence-corrected chi connectivity index (χ0v) is 13.3. The Hall–Kier alpha value is -1.86. The molecule has 2 aromatic carbocycles. The van der Waals surface area contributed by atoms with Gasteiger partial charge in [0.15, 0.2) is 0 Å². The van der Waals surface area contributed by atoms with Crippen LogP contribution in [0.1, 0.15) is 53.7 Å². The van der Waals surface area contributed by atoms with Crippen LogP contribution in [-0.4, -0.2) is 5.24 Å². The number of benzene rings is 2. The molecule has 108 valence electrons. The van der Waals surface area contributed by atoms with Crippen LogP contribution in [0.25, 0.3) is 11.6 Å². The van der Waals surface area contributed by atoms with Gasteiger partial charge in [-0.15, -0.1) is 0 Å². The summed E-state index contributed by atoms with van der Waals surface area (Å²) >= 11 is 5.44. The minimum absolute atomic E-state index is 0.425. The fraction of sp³-hybridized carbons (Fsp3) is 0.211. The van der Waals surface area contributed by atoms with Crippen LogP contribution >= 0.6 is 11.6 Å². The number of halogens is 1. The lowest BCUT2D eigenvalue weighted by atomic mass is 9.98. The van der Waals surface area contributed by atoms with Crippen LogP contribution in [0, 0.1) is 0 Å². The fourth-order valence-corrected chi connectivity index (χ4v) is 2.30. The zero-order valence-electron chi connectivity index (χ0n) is 12.6. The average molecular weight is 299 g/mol. The average Bonchev–Trinajstić information content (AvgIpc) is 2.47. The van der Waals surface area contributed by atoms with Crippen LogP contribution in [-0.2, 0) is 0 Å². The summed E-state index contributed by atoms with van der Waals surface area (Å²) < 4.78 is 0. The van der Waals surface area contributed by atoms with Crippen LogP contribution in [0.5, 0.6) is 0 Å². The summed E-state index contributed by atoms with van der Waals surface area (Å²) in [5.74, 6) is 0.545. The van der Waals surface area contributed by atoms with Gasteiger partial charge in [-0.2, -0.15) is 0 Å². The van der Waals surface area contributed by atoms with Gasteiger partial charge in [0.05, 0.1) is 0 Å². The lowest BCUT2D eigenvalue weighted by Gasteiger charge is -2.07. The molecule has 0 aliphatic rings. The van der Waals surface area contributed by atoms with E-state index in [1.165, 1.54) is 16.7 Å². The molecular formula is C19H19ClO. The van der Waals surface area contributed by atoms with E-state index in [4.69, 9.17) is 11.6 Å². The van der Waals surface area contributed by atoms with Crippen LogP contribution in [0.3, 0.4) is 0 Å². The summed E-state index contributed by atoms with van der Waals surface area (Å²) in [7, 11) is 0. The molecule has 0 saturated carbocycles. The number of hydrogen-bond acceptors (Lipinski definition) is 1. The Morgan fingerprint density at radius 3 is 1.95 bits per heavy atom. The predicted molar refractivity (Wildman–Crippen MR) is 90.7 cm³/mol. The molecule has 0 aromatic heterocycles. The minimum atomic E-state index is -0.425. The van der Waals surface area contributed by atoms with E-state index in [1.54, 1.807) is 12.1 Å². The second-order valence-corrected chi connectivity index (χ2v) is 5.84. The molecular weight excluding hydrogens is 280 g/mol. The predicted octanol–water partition coefficient (Wildman–Crippen LogP) is 5.75. The van der Waals surface area contributed by atoms with E-state index >= 15 is 0 Å². The first-order valence-electron chi connectivity index (χ1n) is 7.06. The third-order valence-electron chi connectivity index (χ3n) is 3.55. The highest BCUT2D eigenvalue weighted by Gasteiger charge is 2.02. The normalized spacial score (nSPS) is 11.8. The highest BCUT2D eigenvalue weighted by Crippen LogP contribution is 2.21. The number of carbonyl (C=O) groups is 1. The summed E-state index contributed by atoms with van der Waals surface area (Å²) in [6.45, 7) is 6.47. The van der Waals surface area contributed by atoms with Crippen LogP contribution in [0.15, 0.2) is 48.5 Å². The molecule has 0 unspecified atom stereocenters. The molecule has 2 rings (SSSR count). The lowest BCUT2D eigenvalue weighted by molar-refractivity contribution is 0.108. The Morgan fingerprint density at radius 1 is 0.952 bits per heavy atom. The smallest absolute Gasteiger partial charge is 0.252 e. The van der Waals surface area contributed by atoms with Gasteiger partial charge in [0.1, 0.15) is 0 Å². The molecule has 0 aliphatic carbocycles. The maximum atomic E-state index is 11.0. The summed E-state index contributed by atoms with van der Waals surface area (Å²) in [5, 5.41) is -0.425. The van der Waals surface area contributed by atoms with Crippen molar-refractivity contribution in [3.8, 4) is 0 Å². The molecule has 1 nitrogen and oxygen atoms in total. The van der Waals surface area contributed by atoms with Crippen molar-refractivity contribution in [1.82, 2.24) is 0 Å². The van der Waals surface area contributed by atoms with Crippen molar-refractivity contribution >= 4 is 28.5 Å². The van der Waals surface area contributed by atoms with E-state index in [0.29, 0.717) is 11.5 Å². The van der Waals surface area contributed by atoms with Crippen molar-refractivity contribution in [2.24, 2.45) is 0 Å². The monoisotopic (exact) mass is 298 g/mol. The van der Waals surface area contributed by atoms with E-state index in [-0.39, 0.29) is 0 Å². The minimum Gasteiger partial charge on any atom is -0.276 e. The van der Waals surface area contributed by atoms with Gasteiger partial charge in [-0.1, -0.05) is 56.3 Å². The highest BCUT2D eigenvalue weighted by atomic mass is 35.5. The molecule has 2 heteroatoms. The third kappa shape index (κ3) is 4.05. The van der Waals surface area contributed by atoms with Crippen molar-refractivity contribution in [3.63, 3.8) is 0 Å². The van der Waals surface area contributed by atoms with E-state index in [1.807, 2.05) is 12.1 Å². The van der Waals surface area contributed by atoms with Crippen molar-refractivity contribution in [1.29, 1.82) is 0 Å². The molecule has 0 atom stereocenters.